The van der Waals surface area contributed by atoms with E-state index in [1.54, 1.807) is 21.1 Å². The standard InChI is InChI=1S/C23H24BrN5S.C14H14.C10H16BrN5OS.C10H14BrN5S.C7H11BrN4O.C3H5NS.CH4.B3.B2.B/c1-4-28-21(14-29-17(3)22(24)16(2)27-29)25-26-23(28)30-15-19-12-8-9-13-20(19)18-10-6-5-7-11-18;1-2-12-8-6-7-11-14(12)13-9-4-3-5-10-13;1-4-12-10(18)14-13-8(17)5-16-7(3)9(11)6(2)15-16;1-4-15-8(12-13-10(15)17)5-16-7(3)9(11)6(2)14-16;1-4-7(8)5(2)12(11-4)3-6(13)10-9;1-2-4-3-5;;1-3-2;1-2;/h5-13H,4,14-15H2,1-3H3;3-11H,2H2,1H3;4-5H2,1-3H3,(H,13,17)(H2,12,14,18);4-5H2,1-3H3,(H,13,17);3,9H2,1-2H3,(H,10,13);2H2,1H3;1H4;;;. The van der Waals surface area contributed by atoms with Gasteiger partial charge in [0.2, 0.25) is 0 Å². The predicted octanol–water partition coefficient (Wildman–Crippen LogP) is 12.9. The number of halogens is 4. The fourth-order valence-corrected chi connectivity index (χ4v) is 12.2. The van der Waals surface area contributed by atoms with Gasteiger partial charge in [0.15, 0.2) is 26.7 Å². The number of carbonyl (C=O) groups excluding carboxylic acids is 2. The summed E-state index contributed by atoms with van der Waals surface area (Å²) >= 11 is 29.9. The van der Waals surface area contributed by atoms with E-state index in [0.29, 0.717) is 29.5 Å². The van der Waals surface area contributed by atoms with Gasteiger partial charge in [0.1, 0.15) is 26.2 Å². The van der Waals surface area contributed by atoms with Crippen molar-refractivity contribution < 1.29 is 9.59 Å². The third kappa shape index (κ3) is 29.9. The maximum Gasteiger partial charge on any atom is 0.260 e. The molecule has 0 aliphatic carbocycles. The molecular formula is C68H88B6Br4N20O2S4. The first kappa shape index (κ1) is 95.3. The molecule has 10 aromatic rings. The van der Waals surface area contributed by atoms with Crippen molar-refractivity contribution in [3.8, 4) is 22.3 Å². The molecule has 0 atom stereocenters. The van der Waals surface area contributed by atoms with Crippen molar-refractivity contribution in [2.24, 2.45) is 10.8 Å². The number of rotatable bonds is 18. The van der Waals surface area contributed by atoms with Crippen molar-refractivity contribution in [1.29, 1.82) is 0 Å². The van der Waals surface area contributed by atoms with Crippen molar-refractivity contribution in [1.82, 2.24) is 90.2 Å². The van der Waals surface area contributed by atoms with Gasteiger partial charge in [-0.25, -0.2) is 10.8 Å². The summed E-state index contributed by atoms with van der Waals surface area (Å²) in [5.41, 5.74) is 22.8. The minimum absolute atomic E-state index is 0. The lowest BCUT2D eigenvalue weighted by molar-refractivity contribution is -0.123. The van der Waals surface area contributed by atoms with Gasteiger partial charge in [0.25, 0.3) is 11.8 Å². The molecule has 0 fully saturated rings. The monoisotopic (exact) mass is 1730 g/mol. The number of isothiocyanates is 1. The second kappa shape index (κ2) is 51.5. The Balaban J connectivity index is 0.000000646. The third-order valence-electron chi connectivity index (χ3n) is 14.6. The maximum absolute atomic E-state index is 11.7. The lowest BCUT2D eigenvalue weighted by atomic mass is 9.40. The van der Waals surface area contributed by atoms with Crippen LogP contribution in [-0.4, -0.2) is 150 Å². The van der Waals surface area contributed by atoms with Crippen molar-refractivity contribution in [3.63, 3.8) is 0 Å². The van der Waals surface area contributed by atoms with Crippen molar-refractivity contribution >= 4 is 181 Å². The number of aromatic amines is 1. The first-order valence-electron chi connectivity index (χ1n) is 32.1. The molecule has 6 heterocycles. The van der Waals surface area contributed by atoms with Crippen LogP contribution in [0.1, 0.15) is 110 Å². The van der Waals surface area contributed by atoms with Crippen molar-refractivity contribution in [2.45, 2.75) is 154 Å². The second-order valence-electron chi connectivity index (χ2n) is 21.4. The number of aliphatic imine (C=N–C) groups is 1. The molecule has 542 valence electrons. The molecule has 12 radical (unpaired) electrons. The number of hydrogen-bond donors (Lipinski definition) is 6. The van der Waals surface area contributed by atoms with Crippen LogP contribution >= 0.6 is 112 Å². The fourth-order valence-electron chi connectivity index (χ4n) is 9.41. The highest BCUT2D eigenvalue weighted by Gasteiger charge is 2.18. The summed E-state index contributed by atoms with van der Waals surface area (Å²) in [6.07, 6.45) is 1.09. The molecule has 0 saturated heterocycles. The minimum Gasteiger partial charge on any atom is -0.362 e. The molecule has 7 N–H and O–H groups in total. The molecule has 0 spiro atoms. The van der Waals surface area contributed by atoms with Crippen LogP contribution in [0.2, 0.25) is 0 Å². The number of hydrogen-bond acceptors (Lipinski definition) is 15. The number of benzene rings is 4. The molecular weight excluding hydrogens is 1640 g/mol. The van der Waals surface area contributed by atoms with E-state index in [9.17, 15) is 9.59 Å². The molecule has 4 aromatic carbocycles. The van der Waals surface area contributed by atoms with Gasteiger partial charge in [-0.05, 0) is 223 Å². The van der Waals surface area contributed by atoms with E-state index in [-0.39, 0.29) is 40.7 Å². The fraction of sp³-hybridized carbons (Fsp3) is 0.353. The number of carbonyl (C=O) groups is 2. The third-order valence-corrected chi connectivity index (χ3v) is 20.9. The van der Waals surface area contributed by atoms with Crippen LogP contribution in [0, 0.1) is 60.2 Å². The van der Waals surface area contributed by atoms with E-state index < -0.39 is 0 Å². The molecule has 0 bridgehead atoms. The molecule has 104 heavy (non-hydrogen) atoms. The molecule has 0 aliphatic heterocycles. The second-order valence-corrected chi connectivity index (χ2v) is 26.5. The number of thioether (sulfide) groups is 1. The molecule has 6 aromatic heterocycles. The van der Waals surface area contributed by atoms with Gasteiger partial charge < -0.3 is 14.5 Å². The highest BCUT2D eigenvalue weighted by molar-refractivity contribution is 9.11. The minimum atomic E-state index is -0.266. The molecule has 36 heteroatoms. The Kier molecular flexibility index (Phi) is 47.2. The van der Waals surface area contributed by atoms with Crippen LogP contribution in [0.4, 0.5) is 0 Å². The van der Waals surface area contributed by atoms with Crippen LogP contribution < -0.4 is 27.4 Å². The quantitative estimate of drug-likeness (QED) is 0.00888. The summed E-state index contributed by atoms with van der Waals surface area (Å²) in [5, 5.41) is 39.9. The number of hydrazine groups is 2. The number of nitrogens with two attached hydrogens (primary N) is 1. The van der Waals surface area contributed by atoms with Crippen molar-refractivity contribution in [2.75, 3.05) is 13.1 Å². The van der Waals surface area contributed by atoms with E-state index >= 15 is 0 Å². The van der Waals surface area contributed by atoms with Gasteiger partial charge >= 0.3 is 0 Å². The molecule has 22 nitrogen and oxygen atoms in total. The molecule has 0 aliphatic rings. The zero-order chi connectivity index (χ0) is 76.0. The average molecular weight is 1730 g/mol. The number of H-pyrrole nitrogens is 1. The normalized spacial score (nSPS) is 9.83. The van der Waals surface area contributed by atoms with E-state index in [1.165, 1.54) is 33.4 Å². The van der Waals surface area contributed by atoms with Gasteiger partial charge in [-0.1, -0.05) is 135 Å². The van der Waals surface area contributed by atoms with Gasteiger partial charge in [-0.2, -0.15) is 25.5 Å². The summed E-state index contributed by atoms with van der Waals surface area (Å²) in [6.45, 7) is 30.4. The van der Waals surface area contributed by atoms with Crippen LogP contribution in [0.25, 0.3) is 22.3 Å². The van der Waals surface area contributed by atoms with Crippen LogP contribution in [0.3, 0.4) is 0 Å². The summed E-state index contributed by atoms with van der Waals surface area (Å²) in [5.74, 6) is 7.15. The average Bonchev–Trinajstić information content (AvgIpc) is 1.63. The van der Waals surface area contributed by atoms with E-state index in [4.69, 9.17) is 30.3 Å². The van der Waals surface area contributed by atoms with Gasteiger partial charge in [0, 0.05) is 78.4 Å². The van der Waals surface area contributed by atoms with E-state index in [0.717, 1.165) is 119 Å². The largest absolute Gasteiger partial charge is 0.362 e. The molecule has 0 unspecified atom stereocenters. The number of aromatic nitrogens is 14. The summed E-state index contributed by atoms with van der Waals surface area (Å²) < 4.78 is 15.9. The lowest BCUT2D eigenvalue weighted by Gasteiger charge is -2.11. The number of aryl methyl sites for hydroxylation is 5. The van der Waals surface area contributed by atoms with Crippen molar-refractivity contribution in [3.05, 3.63) is 200 Å². The molecule has 10 rings (SSSR count). The lowest BCUT2D eigenvalue weighted by Crippen LogP contribution is -2.47. The smallest absolute Gasteiger partial charge is 0.260 e. The van der Waals surface area contributed by atoms with Gasteiger partial charge in [0.05, 0.1) is 68.6 Å². The van der Waals surface area contributed by atoms with Gasteiger partial charge in [-0.15, -0.1) is 10.2 Å². The zero-order valence-electron chi connectivity index (χ0n) is 60.2. The first-order valence-corrected chi connectivity index (χ1v) is 37.4. The zero-order valence-corrected chi connectivity index (χ0v) is 69.8. The Bertz CT molecular complexity index is 4340. The molecule has 0 saturated carbocycles. The predicted molar refractivity (Wildman–Crippen MR) is 454 cm³/mol. The van der Waals surface area contributed by atoms with Crippen LogP contribution in [0.15, 0.2) is 137 Å². The Morgan fingerprint density at radius 1 is 0.606 bits per heavy atom. The highest BCUT2D eigenvalue weighted by Crippen LogP contribution is 2.31. The number of amides is 2. The SMILES string of the molecule is C.CCN=C=S.CCNC(=S)NNC(=O)Cn1nc(C)c(Br)c1C.CCc1ccccc1-c1ccccc1.CCn1c(Cn2nc(C)c(Br)c2C)n[nH]c1=S.CCn1c(Cn2nc(C)c(Br)c2C)nnc1SCc1ccccc1-c1ccccc1.Cc1nn(CC(=O)NN)c(C)c1Br.[B].[B][B].[B][B][B]. The van der Waals surface area contributed by atoms with E-state index in [2.05, 4.69) is 308 Å². The summed E-state index contributed by atoms with van der Waals surface area (Å²) in [6, 6.07) is 38.2. The van der Waals surface area contributed by atoms with Crippen LogP contribution in [-0.2, 0) is 61.0 Å². The topological polar surface area (TPSA) is 256 Å². The Hall–Kier alpha value is -6.73. The van der Waals surface area contributed by atoms with E-state index in [1.807, 2.05) is 89.2 Å². The number of nitrogens with one attached hydrogen (secondary N) is 5. The summed E-state index contributed by atoms with van der Waals surface area (Å²) in [4.78, 5) is 26.1. The maximum atomic E-state index is 11.7. The Morgan fingerprint density at radius 3 is 1.39 bits per heavy atom. The number of thiocarbonyl (C=S) groups is 2. The Labute approximate surface area is 675 Å². The van der Waals surface area contributed by atoms with Gasteiger partial charge in [-0.3, -0.25) is 49.7 Å². The highest BCUT2D eigenvalue weighted by atomic mass is 79.9. The Morgan fingerprint density at radius 2 is 1.01 bits per heavy atom. The first-order chi connectivity index (χ1) is 48.9. The molecule has 2 amide bonds. The number of nitrogens with zero attached hydrogens (tertiary/aromatic N) is 14. The summed E-state index contributed by atoms with van der Waals surface area (Å²) in [7, 11) is 18.0. The van der Waals surface area contributed by atoms with Crippen LogP contribution in [0.5, 0.6) is 0 Å².